The number of ketones is 1. The van der Waals surface area contributed by atoms with Gasteiger partial charge >= 0.3 is 0 Å². The van der Waals surface area contributed by atoms with Crippen molar-refractivity contribution in [2.24, 2.45) is 11.7 Å². The van der Waals surface area contributed by atoms with Gasteiger partial charge in [0, 0.05) is 36.4 Å². The van der Waals surface area contributed by atoms with E-state index in [1.807, 2.05) is 30.3 Å². The summed E-state index contributed by atoms with van der Waals surface area (Å²) in [6.45, 7) is 1.79. The predicted molar refractivity (Wildman–Crippen MR) is 133 cm³/mol. The molecule has 1 amide bonds. The standard InChI is InChI=1S/C23H25ClN6O2S/c24-16-6-3-7-17(12-16)27-13-18(31)11-15-5-4-10-30(14-15)23-29-20(21(25)32)22(33-23)28-19-8-1-2-9-26-19/h1-3,6-9,12,15,27H,4-5,10-11,13-14H2,(H2,25,32)(H,26,28)/t15-/m0/s1. The van der Waals surface area contributed by atoms with Crippen molar-refractivity contribution in [3.05, 3.63) is 59.4 Å². The molecular formula is C23H25ClN6O2S. The van der Waals surface area contributed by atoms with Crippen LogP contribution in [0.1, 0.15) is 29.8 Å². The summed E-state index contributed by atoms with van der Waals surface area (Å²) in [7, 11) is 0. The number of hydrogen-bond acceptors (Lipinski definition) is 8. The van der Waals surface area contributed by atoms with Crippen LogP contribution in [0.2, 0.25) is 5.02 Å². The van der Waals surface area contributed by atoms with Crippen LogP contribution in [0.4, 0.5) is 21.6 Å². The molecule has 3 heterocycles. The zero-order valence-corrected chi connectivity index (χ0v) is 19.5. The summed E-state index contributed by atoms with van der Waals surface area (Å²) in [6.07, 6.45) is 4.08. The minimum atomic E-state index is -0.591. The second-order valence-electron chi connectivity index (χ2n) is 7.94. The van der Waals surface area contributed by atoms with Gasteiger partial charge in [-0.3, -0.25) is 9.59 Å². The smallest absolute Gasteiger partial charge is 0.270 e. The lowest BCUT2D eigenvalue weighted by Crippen LogP contribution is -2.36. The number of carbonyl (C=O) groups is 2. The highest BCUT2D eigenvalue weighted by molar-refractivity contribution is 7.20. The van der Waals surface area contributed by atoms with Crippen molar-refractivity contribution in [1.29, 1.82) is 0 Å². The van der Waals surface area contributed by atoms with Gasteiger partial charge in [0.2, 0.25) is 0 Å². The van der Waals surface area contributed by atoms with Crippen LogP contribution in [0.5, 0.6) is 0 Å². The molecule has 1 aliphatic rings. The molecule has 0 saturated carbocycles. The minimum absolute atomic E-state index is 0.149. The molecule has 0 bridgehead atoms. The number of nitrogens with one attached hydrogen (secondary N) is 2. The van der Waals surface area contributed by atoms with Crippen LogP contribution in [0.15, 0.2) is 48.7 Å². The molecule has 0 radical (unpaired) electrons. The van der Waals surface area contributed by atoms with Crippen LogP contribution >= 0.6 is 22.9 Å². The number of nitrogens with two attached hydrogens (primary N) is 1. The van der Waals surface area contributed by atoms with Crippen LogP contribution in [0.3, 0.4) is 0 Å². The molecule has 0 spiro atoms. The molecule has 0 unspecified atom stereocenters. The summed E-state index contributed by atoms with van der Waals surface area (Å²) >= 11 is 7.37. The Kier molecular flexibility index (Phi) is 7.41. The van der Waals surface area contributed by atoms with Crippen molar-refractivity contribution >= 4 is 56.3 Å². The number of halogens is 1. The molecule has 0 aliphatic carbocycles. The van der Waals surface area contributed by atoms with E-state index in [-0.39, 0.29) is 23.9 Å². The Morgan fingerprint density at radius 3 is 2.88 bits per heavy atom. The first kappa shape index (κ1) is 23.0. The number of anilines is 4. The van der Waals surface area contributed by atoms with E-state index >= 15 is 0 Å². The minimum Gasteiger partial charge on any atom is -0.378 e. The zero-order valence-electron chi connectivity index (χ0n) is 18.0. The molecule has 33 heavy (non-hydrogen) atoms. The van der Waals surface area contributed by atoms with Gasteiger partial charge in [0.25, 0.3) is 5.91 Å². The highest BCUT2D eigenvalue weighted by Gasteiger charge is 2.26. The molecule has 1 saturated heterocycles. The molecular weight excluding hydrogens is 460 g/mol. The number of hydrogen-bond donors (Lipinski definition) is 3. The summed E-state index contributed by atoms with van der Waals surface area (Å²) in [4.78, 5) is 35.4. The van der Waals surface area contributed by atoms with Crippen LogP contribution in [0, 0.1) is 5.92 Å². The van der Waals surface area contributed by atoms with Crippen molar-refractivity contribution in [3.8, 4) is 0 Å². The number of carbonyl (C=O) groups excluding carboxylic acids is 2. The fourth-order valence-electron chi connectivity index (χ4n) is 3.85. The summed E-state index contributed by atoms with van der Waals surface area (Å²) in [5, 5.41) is 8.20. The predicted octanol–water partition coefficient (Wildman–Crippen LogP) is 4.32. The Bertz CT molecular complexity index is 1120. The summed E-state index contributed by atoms with van der Waals surface area (Å²) in [5.41, 5.74) is 6.59. The van der Waals surface area contributed by atoms with E-state index in [4.69, 9.17) is 17.3 Å². The Labute approximate surface area is 201 Å². The molecule has 10 heteroatoms. The molecule has 1 atom stereocenters. The molecule has 172 valence electrons. The van der Waals surface area contributed by atoms with Crippen molar-refractivity contribution in [1.82, 2.24) is 9.97 Å². The number of thiazole rings is 1. The Morgan fingerprint density at radius 1 is 1.24 bits per heavy atom. The monoisotopic (exact) mass is 484 g/mol. The highest BCUT2D eigenvalue weighted by atomic mass is 35.5. The highest BCUT2D eigenvalue weighted by Crippen LogP contribution is 2.35. The zero-order chi connectivity index (χ0) is 23.2. The Balaban J connectivity index is 1.38. The van der Waals surface area contributed by atoms with Gasteiger partial charge in [-0.2, -0.15) is 0 Å². The summed E-state index contributed by atoms with van der Waals surface area (Å²) in [5.74, 6) is 0.396. The van der Waals surface area contributed by atoms with Crippen molar-refractivity contribution in [3.63, 3.8) is 0 Å². The third-order valence-electron chi connectivity index (χ3n) is 5.38. The average molecular weight is 485 g/mol. The number of benzene rings is 1. The maximum absolute atomic E-state index is 12.6. The van der Waals surface area contributed by atoms with Crippen molar-refractivity contribution < 1.29 is 9.59 Å². The van der Waals surface area contributed by atoms with Crippen molar-refractivity contribution in [2.75, 3.05) is 35.2 Å². The fourth-order valence-corrected chi connectivity index (χ4v) is 5.05. The van der Waals surface area contributed by atoms with Gasteiger partial charge in [0.05, 0.1) is 6.54 Å². The lowest BCUT2D eigenvalue weighted by atomic mass is 9.93. The maximum Gasteiger partial charge on any atom is 0.270 e. The molecule has 2 aromatic heterocycles. The molecule has 3 aromatic rings. The Morgan fingerprint density at radius 2 is 2.12 bits per heavy atom. The number of Topliss-reactive ketones (excluding diaryl/α,β-unsaturated/α-hetero) is 1. The first-order valence-electron chi connectivity index (χ1n) is 10.7. The third-order valence-corrected chi connectivity index (χ3v) is 6.64. The SMILES string of the molecule is NC(=O)c1nc(N2CCC[C@@H](CC(=O)CNc3cccc(Cl)c3)C2)sc1Nc1ccccn1. The number of rotatable bonds is 9. The van der Waals surface area contributed by atoms with Crippen molar-refractivity contribution in [2.45, 2.75) is 19.3 Å². The first-order valence-corrected chi connectivity index (χ1v) is 11.9. The van der Waals surface area contributed by atoms with Gasteiger partial charge in [-0.1, -0.05) is 35.1 Å². The van der Waals surface area contributed by atoms with Crippen LogP contribution < -0.4 is 21.3 Å². The lowest BCUT2D eigenvalue weighted by Gasteiger charge is -2.32. The Hall–Kier alpha value is -3.17. The van der Waals surface area contributed by atoms with Crippen LogP contribution in [-0.2, 0) is 4.79 Å². The maximum atomic E-state index is 12.6. The number of piperidine rings is 1. The van der Waals surface area contributed by atoms with Gasteiger partial charge in [-0.05, 0) is 49.1 Å². The van der Waals surface area contributed by atoms with E-state index in [2.05, 4.69) is 25.5 Å². The molecule has 4 N–H and O–H groups in total. The van der Waals surface area contributed by atoms with Gasteiger partial charge in [-0.25, -0.2) is 9.97 Å². The molecule has 8 nitrogen and oxygen atoms in total. The number of nitrogens with zero attached hydrogens (tertiary/aromatic N) is 3. The summed E-state index contributed by atoms with van der Waals surface area (Å²) in [6, 6.07) is 12.8. The number of aromatic nitrogens is 2. The van der Waals surface area contributed by atoms with Gasteiger partial charge in [0.15, 0.2) is 16.6 Å². The quantitative estimate of drug-likeness (QED) is 0.414. The third kappa shape index (κ3) is 6.21. The topological polar surface area (TPSA) is 113 Å². The summed E-state index contributed by atoms with van der Waals surface area (Å²) < 4.78 is 0. The second kappa shape index (κ2) is 10.6. The first-order chi connectivity index (χ1) is 16.0. The number of primary amides is 1. The molecule has 4 rings (SSSR count). The average Bonchev–Trinajstić information content (AvgIpc) is 3.23. The normalized spacial score (nSPS) is 15.8. The largest absolute Gasteiger partial charge is 0.378 e. The number of pyridine rings is 1. The fraction of sp³-hybridized carbons (Fsp3) is 0.304. The second-order valence-corrected chi connectivity index (χ2v) is 9.35. The van der Waals surface area contributed by atoms with Crippen LogP contribution in [-0.4, -0.2) is 41.3 Å². The van der Waals surface area contributed by atoms with E-state index in [0.29, 0.717) is 28.8 Å². The van der Waals surface area contributed by atoms with Gasteiger partial charge in [-0.15, -0.1) is 0 Å². The lowest BCUT2D eigenvalue weighted by molar-refractivity contribution is -0.118. The molecule has 1 aliphatic heterocycles. The van der Waals surface area contributed by atoms with E-state index in [0.717, 1.165) is 30.2 Å². The van der Waals surface area contributed by atoms with Crippen LogP contribution in [0.25, 0.3) is 0 Å². The molecule has 1 aromatic carbocycles. The van der Waals surface area contributed by atoms with E-state index < -0.39 is 5.91 Å². The number of amides is 1. The van der Waals surface area contributed by atoms with E-state index in [9.17, 15) is 9.59 Å². The molecule has 1 fully saturated rings. The van der Waals surface area contributed by atoms with E-state index in [1.54, 1.807) is 18.3 Å². The van der Waals surface area contributed by atoms with E-state index in [1.165, 1.54) is 11.3 Å². The van der Waals surface area contributed by atoms with Gasteiger partial charge in [0.1, 0.15) is 10.8 Å². The van der Waals surface area contributed by atoms with Gasteiger partial charge < -0.3 is 21.3 Å².